The van der Waals surface area contributed by atoms with Gasteiger partial charge in [-0.2, -0.15) is 5.26 Å². The van der Waals surface area contributed by atoms with Crippen LogP contribution in [0.1, 0.15) is 34.6 Å². The molecule has 0 radical (unpaired) electrons. The molecule has 0 saturated heterocycles. The molecule has 1 aromatic carbocycles. The Balaban J connectivity index is 2.20. The maximum absolute atomic E-state index is 12.2. The second-order valence-corrected chi connectivity index (χ2v) is 7.37. The highest BCUT2D eigenvalue weighted by Gasteiger charge is 2.23. The number of amides is 2. The summed E-state index contributed by atoms with van der Waals surface area (Å²) in [5.74, 6) is -0.531. The lowest BCUT2D eigenvalue weighted by Crippen LogP contribution is -2.19. The van der Waals surface area contributed by atoms with E-state index < -0.39 is 12.0 Å². The van der Waals surface area contributed by atoms with E-state index in [1.165, 1.54) is 6.07 Å². The number of rotatable bonds is 4. The van der Waals surface area contributed by atoms with Crippen LogP contribution in [-0.4, -0.2) is 18.1 Å². The summed E-state index contributed by atoms with van der Waals surface area (Å²) in [5.41, 5.74) is 1.12. The summed E-state index contributed by atoms with van der Waals surface area (Å²) in [6.07, 6.45) is -0.288. The number of urea groups is 1. The van der Waals surface area contributed by atoms with Crippen LogP contribution in [0, 0.1) is 18.3 Å². The van der Waals surface area contributed by atoms with E-state index in [9.17, 15) is 14.9 Å². The summed E-state index contributed by atoms with van der Waals surface area (Å²) < 4.78 is 5.16. The number of benzene rings is 1. The van der Waals surface area contributed by atoms with Crippen LogP contribution in [0.5, 0.6) is 0 Å². The molecule has 0 spiro atoms. The lowest BCUT2D eigenvalue weighted by molar-refractivity contribution is 0.0383. The standard InChI is InChI=1S/C17H15Cl2N3O3S/c1-8(2)25-16(23)14-9(3)11(7-20)15(26-14)22-17(24)21-10-4-5-12(18)13(19)6-10/h4-6,8H,1-3H3,(H2,21,22,24). The zero-order chi connectivity index (χ0) is 19.4. The van der Waals surface area contributed by atoms with E-state index in [1.54, 1.807) is 32.9 Å². The molecule has 1 aromatic heterocycles. The Kier molecular flexibility index (Phi) is 6.48. The van der Waals surface area contributed by atoms with Gasteiger partial charge in [-0.3, -0.25) is 5.32 Å². The molecule has 2 aromatic rings. The Bertz CT molecular complexity index is 903. The highest BCUT2D eigenvalue weighted by Crippen LogP contribution is 2.33. The minimum Gasteiger partial charge on any atom is -0.459 e. The average molecular weight is 412 g/mol. The van der Waals surface area contributed by atoms with Gasteiger partial charge in [0.2, 0.25) is 0 Å². The molecule has 0 aliphatic carbocycles. The van der Waals surface area contributed by atoms with Crippen LogP contribution in [0.25, 0.3) is 0 Å². The van der Waals surface area contributed by atoms with Gasteiger partial charge in [-0.25, -0.2) is 9.59 Å². The molecule has 9 heteroatoms. The summed E-state index contributed by atoms with van der Waals surface area (Å²) in [4.78, 5) is 24.6. The van der Waals surface area contributed by atoms with Crippen LogP contribution in [0.2, 0.25) is 10.0 Å². The van der Waals surface area contributed by atoms with E-state index in [-0.39, 0.29) is 21.5 Å². The number of ether oxygens (including phenoxy) is 1. The van der Waals surface area contributed by atoms with Crippen molar-refractivity contribution in [1.29, 1.82) is 5.26 Å². The molecule has 26 heavy (non-hydrogen) atoms. The van der Waals surface area contributed by atoms with Crippen LogP contribution < -0.4 is 10.6 Å². The van der Waals surface area contributed by atoms with Crippen LogP contribution >= 0.6 is 34.5 Å². The van der Waals surface area contributed by atoms with Crippen LogP contribution in [0.15, 0.2) is 18.2 Å². The van der Waals surface area contributed by atoms with Gasteiger partial charge in [-0.1, -0.05) is 23.2 Å². The molecule has 1 heterocycles. The Labute approximate surface area is 164 Å². The average Bonchev–Trinajstić information content (AvgIpc) is 2.86. The number of hydrogen-bond acceptors (Lipinski definition) is 5. The smallest absolute Gasteiger partial charge is 0.348 e. The highest BCUT2D eigenvalue weighted by molar-refractivity contribution is 7.18. The minimum atomic E-state index is -0.579. The molecule has 0 saturated carbocycles. The molecule has 0 bridgehead atoms. The van der Waals surface area contributed by atoms with Crippen molar-refractivity contribution in [2.45, 2.75) is 26.9 Å². The number of esters is 1. The predicted molar refractivity (Wildman–Crippen MR) is 103 cm³/mol. The topological polar surface area (TPSA) is 91.2 Å². The third kappa shape index (κ3) is 4.67. The number of carbonyl (C=O) groups is 2. The Hall–Kier alpha value is -2.27. The van der Waals surface area contributed by atoms with Gasteiger partial charge in [0, 0.05) is 5.69 Å². The van der Waals surface area contributed by atoms with Crippen LogP contribution in [0.4, 0.5) is 15.5 Å². The zero-order valence-electron chi connectivity index (χ0n) is 14.1. The molecule has 136 valence electrons. The monoisotopic (exact) mass is 411 g/mol. The first kappa shape index (κ1) is 20.0. The third-order valence-corrected chi connectivity index (χ3v) is 5.12. The van der Waals surface area contributed by atoms with E-state index >= 15 is 0 Å². The molecule has 0 atom stereocenters. The van der Waals surface area contributed by atoms with Crippen molar-refractivity contribution in [2.75, 3.05) is 10.6 Å². The summed E-state index contributed by atoms with van der Waals surface area (Å²) >= 11 is 12.7. The second kappa shape index (κ2) is 8.41. The molecule has 2 N–H and O–H groups in total. The lowest BCUT2D eigenvalue weighted by Gasteiger charge is -2.07. The first-order valence-corrected chi connectivity index (χ1v) is 9.07. The van der Waals surface area contributed by atoms with Crippen molar-refractivity contribution in [1.82, 2.24) is 0 Å². The fourth-order valence-corrected chi connectivity index (χ4v) is 3.37. The summed E-state index contributed by atoms with van der Waals surface area (Å²) in [7, 11) is 0. The fraction of sp³-hybridized carbons (Fsp3) is 0.235. The van der Waals surface area contributed by atoms with Crippen molar-refractivity contribution < 1.29 is 14.3 Å². The van der Waals surface area contributed by atoms with Gasteiger partial charge in [0.25, 0.3) is 0 Å². The van der Waals surface area contributed by atoms with Gasteiger partial charge < -0.3 is 10.1 Å². The molecule has 2 amide bonds. The first-order chi connectivity index (χ1) is 12.2. The van der Waals surface area contributed by atoms with Gasteiger partial charge in [0.05, 0.1) is 21.7 Å². The molecule has 0 aliphatic rings. The third-order valence-electron chi connectivity index (χ3n) is 3.19. The van der Waals surface area contributed by atoms with E-state index in [0.29, 0.717) is 21.3 Å². The van der Waals surface area contributed by atoms with Gasteiger partial charge in [0.15, 0.2) is 0 Å². The van der Waals surface area contributed by atoms with Crippen molar-refractivity contribution >= 4 is 57.2 Å². The van der Waals surface area contributed by atoms with E-state index in [1.807, 2.05) is 6.07 Å². The molecular formula is C17H15Cl2N3O3S. The number of hydrogen-bond donors (Lipinski definition) is 2. The first-order valence-electron chi connectivity index (χ1n) is 7.50. The number of nitriles is 1. The zero-order valence-corrected chi connectivity index (χ0v) is 16.5. The van der Waals surface area contributed by atoms with E-state index in [2.05, 4.69) is 10.6 Å². The summed E-state index contributed by atoms with van der Waals surface area (Å²) in [6, 6.07) is 6.06. The number of anilines is 2. The van der Waals surface area contributed by atoms with Crippen LogP contribution in [-0.2, 0) is 4.74 Å². The van der Waals surface area contributed by atoms with E-state index in [0.717, 1.165) is 11.3 Å². The number of nitrogens with one attached hydrogen (secondary N) is 2. The number of halogens is 2. The number of carbonyl (C=O) groups excluding carboxylic acids is 2. The van der Waals surface area contributed by atoms with Crippen molar-refractivity contribution in [3.8, 4) is 6.07 Å². The van der Waals surface area contributed by atoms with Gasteiger partial charge in [-0.05, 0) is 44.5 Å². The van der Waals surface area contributed by atoms with Crippen molar-refractivity contribution in [3.63, 3.8) is 0 Å². The fourth-order valence-electron chi connectivity index (χ4n) is 2.04. The Morgan fingerprint density at radius 1 is 1.23 bits per heavy atom. The van der Waals surface area contributed by atoms with Crippen molar-refractivity contribution in [3.05, 3.63) is 44.2 Å². The van der Waals surface area contributed by atoms with Crippen LogP contribution in [0.3, 0.4) is 0 Å². The van der Waals surface area contributed by atoms with Gasteiger partial charge in [-0.15, -0.1) is 11.3 Å². The highest BCUT2D eigenvalue weighted by atomic mass is 35.5. The molecule has 0 fully saturated rings. The molecule has 0 aliphatic heterocycles. The van der Waals surface area contributed by atoms with E-state index in [4.69, 9.17) is 27.9 Å². The van der Waals surface area contributed by atoms with Gasteiger partial charge >= 0.3 is 12.0 Å². The summed E-state index contributed by atoms with van der Waals surface area (Å²) in [6.45, 7) is 5.10. The summed E-state index contributed by atoms with van der Waals surface area (Å²) in [5, 5.41) is 15.4. The molecular weight excluding hydrogens is 397 g/mol. The lowest BCUT2D eigenvalue weighted by atomic mass is 10.2. The quantitative estimate of drug-likeness (QED) is 0.654. The second-order valence-electron chi connectivity index (χ2n) is 5.53. The SMILES string of the molecule is Cc1c(C(=O)OC(C)C)sc(NC(=O)Nc2ccc(Cl)c(Cl)c2)c1C#N. The largest absolute Gasteiger partial charge is 0.459 e. The maximum Gasteiger partial charge on any atom is 0.348 e. The predicted octanol–water partition coefficient (Wildman–Crippen LogP) is 5.44. The normalized spacial score (nSPS) is 10.3. The Morgan fingerprint density at radius 3 is 2.50 bits per heavy atom. The van der Waals surface area contributed by atoms with Crippen molar-refractivity contribution in [2.24, 2.45) is 0 Å². The minimum absolute atomic E-state index is 0.218. The number of nitrogens with zero attached hydrogens (tertiary/aromatic N) is 1. The molecule has 2 rings (SSSR count). The van der Waals surface area contributed by atoms with Gasteiger partial charge in [0.1, 0.15) is 15.9 Å². The molecule has 0 unspecified atom stereocenters. The Morgan fingerprint density at radius 2 is 1.92 bits per heavy atom. The molecule has 6 nitrogen and oxygen atoms in total. The maximum atomic E-state index is 12.2. The number of thiophene rings is 1.